The number of carbonyl (C=O) groups excluding carboxylic acids is 2. The minimum absolute atomic E-state index is 0.640. The lowest BCUT2D eigenvalue weighted by Gasteiger charge is -2.21. The third-order valence-electron chi connectivity index (χ3n) is 1.78. The summed E-state index contributed by atoms with van der Waals surface area (Å²) in [5.74, 6) is -3.34. The van der Waals surface area contributed by atoms with E-state index in [0.717, 1.165) is 14.2 Å². The first-order chi connectivity index (χ1) is 8.54. The Hall–Kier alpha value is -0.950. The van der Waals surface area contributed by atoms with E-state index in [2.05, 4.69) is 13.8 Å². The van der Waals surface area contributed by atoms with Crippen LogP contribution in [0.25, 0.3) is 0 Å². The van der Waals surface area contributed by atoms with E-state index >= 15 is 0 Å². The minimum atomic E-state index is -3.73. The number of rotatable bonds is 6. The Balaban J connectivity index is 4.40. The molecule has 0 aliphatic carbocycles. The van der Waals surface area contributed by atoms with Gasteiger partial charge in [-0.2, -0.15) is 0 Å². The van der Waals surface area contributed by atoms with Crippen LogP contribution in [0.1, 0.15) is 27.2 Å². The van der Waals surface area contributed by atoms with Gasteiger partial charge in [-0.1, -0.05) is 0 Å². The first kappa shape index (κ1) is 18.0. The number of nitrogens with two attached hydrogens (primary N) is 1. The van der Waals surface area contributed by atoms with Crippen molar-refractivity contribution in [3.63, 3.8) is 0 Å². The van der Waals surface area contributed by atoms with Crippen LogP contribution in [-0.2, 0) is 32.7 Å². The molecule has 0 saturated heterocycles. The second-order valence-corrected chi connectivity index (χ2v) is 6.87. The summed E-state index contributed by atoms with van der Waals surface area (Å²) in [6, 6.07) is 0. The molecule has 1 unspecified atom stereocenters. The van der Waals surface area contributed by atoms with Crippen LogP contribution in [0, 0.1) is 0 Å². The maximum absolute atomic E-state index is 11.7. The SMILES string of the molecule is COP(=O)(OC)C(N)OC(=O)CC(=O)OC(C)(C)C. The van der Waals surface area contributed by atoms with Crippen molar-refractivity contribution in [2.45, 2.75) is 38.8 Å². The highest BCUT2D eigenvalue weighted by atomic mass is 31.2. The third kappa shape index (κ3) is 6.68. The van der Waals surface area contributed by atoms with Crippen molar-refractivity contribution in [2.24, 2.45) is 5.73 Å². The summed E-state index contributed by atoms with van der Waals surface area (Å²) in [7, 11) is -1.52. The zero-order chi connectivity index (χ0) is 15.3. The van der Waals surface area contributed by atoms with Crippen molar-refractivity contribution < 1.29 is 32.7 Å². The average Bonchev–Trinajstić information content (AvgIpc) is 2.24. The Kier molecular flexibility index (Phi) is 6.65. The maximum Gasteiger partial charge on any atom is 0.385 e. The molecule has 1 atom stereocenters. The highest BCUT2D eigenvalue weighted by molar-refractivity contribution is 7.54. The van der Waals surface area contributed by atoms with Gasteiger partial charge >= 0.3 is 19.5 Å². The van der Waals surface area contributed by atoms with Gasteiger partial charge in [0, 0.05) is 14.2 Å². The molecule has 0 aliphatic heterocycles. The fourth-order valence-electron chi connectivity index (χ4n) is 1.02. The van der Waals surface area contributed by atoms with Gasteiger partial charge in [0.25, 0.3) is 5.97 Å². The van der Waals surface area contributed by atoms with Crippen LogP contribution in [0.4, 0.5) is 0 Å². The van der Waals surface area contributed by atoms with Crippen LogP contribution in [0.3, 0.4) is 0 Å². The zero-order valence-electron chi connectivity index (χ0n) is 11.7. The summed E-state index contributed by atoms with van der Waals surface area (Å²) in [5, 5.41) is 0. The zero-order valence-corrected chi connectivity index (χ0v) is 12.6. The van der Waals surface area contributed by atoms with E-state index in [1.807, 2.05) is 0 Å². The van der Waals surface area contributed by atoms with Crippen LogP contribution in [-0.4, -0.2) is 37.7 Å². The fourth-order valence-corrected chi connectivity index (χ4v) is 1.83. The van der Waals surface area contributed by atoms with Gasteiger partial charge in [-0.05, 0) is 20.8 Å². The molecule has 0 spiro atoms. The second kappa shape index (κ2) is 7.00. The van der Waals surface area contributed by atoms with Gasteiger partial charge in [0.1, 0.15) is 12.0 Å². The van der Waals surface area contributed by atoms with Crippen LogP contribution < -0.4 is 5.73 Å². The van der Waals surface area contributed by atoms with Gasteiger partial charge in [-0.3, -0.25) is 19.9 Å². The van der Waals surface area contributed by atoms with E-state index in [1.165, 1.54) is 0 Å². The topological polar surface area (TPSA) is 114 Å². The molecular weight excluding hydrogens is 277 g/mol. The third-order valence-corrected chi connectivity index (χ3v) is 3.53. The molecule has 0 aromatic heterocycles. The normalized spacial score (nSPS) is 13.8. The predicted octanol–water partition coefficient (Wildman–Crippen LogP) is 0.990. The van der Waals surface area contributed by atoms with Crippen molar-refractivity contribution in [2.75, 3.05) is 14.2 Å². The molecule has 9 heteroatoms. The Morgan fingerprint density at radius 3 is 2.00 bits per heavy atom. The van der Waals surface area contributed by atoms with Gasteiger partial charge in [0.15, 0.2) is 0 Å². The molecule has 2 N–H and O–H groups in total. The smallest absolute Gasteiger partial charge is 0.385 e. The lowest BCUT2D eigenvalue weighted by Crippen LogP contribution is -2.31. The van der Waals surface area contributed by atoms with Crippen molar-refractivity contribution >= 4 is 19.5 Å². The van der Waals surface area contributed by atoms with Crippen molar-refractivity contribution in [3.8, 4) is 0 Å². The molecule has 0 bridgehead atoms. The van der Waals surface area contributed by atoms with E-state index in [4.69, 9.17) is 10.5 Å². The van der Waals surface area contributed by atoms with Crippen molar-refractivity contribution in [1.29, 1.82) is 0 Å². The number of esters is 2. The van der Waals surface area contributed by atoms with E-state index in [9.17, 15) is 14.2 Å². The molecule has 0 aliphatic rings. The highest BCUT2D eigenvalue weighted by Crippen LogP contribution is 2.49. The summed E-state index contributed by atoms with van der Waals surface area (Å²) in [5.41, 5.74) is 4.65. The monoisotopic (exact) mass is 297 g/mol. The molecule has 8 nitrogen and oxygen atoms in total. The Morgan fingerprint density at radius 2 is 1.63 bits per heavy atom. The molecule has 0 rings (SSSR count). The Bertz CT molecular complexity index is 369. The summed E-state index contributed by atoms with van der Waals surface area (Å²) in [6.45, 7) is 4.98. The molecule has 0 saturated carbocycles. The number of hydrogen-bond donors (Lipinski definition) is 1. The first-order valence-corrected chi connectivity index (χ1v) is 7.03. The van der Waals surface area contributed by atoms with Crippen molar-refractivity contribution in [1.82, 2.24) is 0 Å². The summed E-state index contributed by atoms with van der Waals surface area (Å²) in [6.07, 6.45) is -0.640. The largest absolute Gasteiger partial charge is 0.460 e. The molecule has 0 amide bonds. The molecule has 0 heterocycles. The molecule has 0 aromatic carbocycles. The number of carbonyl (C=O) groups is 2. The van der Waals surface area contributed by atoms with E-state index in [1.54, 1.807) is 20.8 Å². The van der Waals surface area contributed by atoms with E-state index < -0.39 is 37.5 Å². The summed E-state index contributed by atoms with van der Waals surface area (Å²) >= 11 is 0. The number of hydrogen-bond acceptors (Lipinski definition) is 8. The Morgan fingerprint density at radius 1 is 1.16 bits per heavy atom. The van der Waals surface area contributed by atoms with Gasteiger partial charge in [0.05, 0.1) is 0 Å². The molecular formula is C10H20NO7P. The van der Waals surface area contributed by atoms with Gasteiger partial charge in [-0.15, -0.1) is 0 Å². The predicted molar refractivity (Wildman–Crippen MR) is 66.2 cm³/mol. The van der Waals surface area contributed by atoms with Gasteiger partial charge < -0.3 is 18.5 Å². The van der Waals surface area contributed by atoms with Crippen LogP contribution in [0.15, 0.2) is 0 Å². The second-order valence-electron chi connectivity index (χ2n) is 4.55. The summed E-state index contributed by atoms with van der Waals surface area (Å²) < 4.78 is 30.4. The maximum atomic E-state index is 11.7. The average molecular weight is 297 g/mol. The molecule has 0 aromatic rings. The molecule has 0 radical (unpaired) electrons. The minimum Gasteiger partial charge on any atom is -0.460 e. The molecule has 112 valence electrons. The van der Waals surface area contributed by atoms with Crippen LogP contribution >= 0.6 is 7.60 Å². The quantitative estimate of drug-likeness (QED) is 0.334. The first-order valence-electron chi connectivity index (χ1n) is 5.42. The molecule has 19 heavy (non-hydrogen) atoms. The Labute approximate surface area is 112 Å². The van der Waals surface area contributed by atoms with Gasteiger partial charge in [-0.25, -0.2) is 0 Å². The standard InChI is InChI=1S/C10H20NO7P/c1-10(2,3)18-8(13)6-7(12)17-9(11)19(14,15-4)16-5/h9H,6,11H2,1-5H3. The highest BCUT2D eigenvalue weighted by Gasteiger charge is 2.35. The van der Waals surface area contributed by atoms with E-state index in [0.29, 0.717) is 0 Å². The number of ether oxygens (including phenoxy) is 2. The fraction of sp³-hybridized carbons (Fsp3) is 0.800. The van der Waals surface area contributed by atoms with Gasteiger partial charge in [0.2, 0.25) is 0 Å². The van der Waals surface area contributed by atoms with Crippen LogP contribution in [0.2, 0.25) is 0 Å². The summed E-state index contributed by atoms with van der Waals surface area (Å²) in [4.78, 5) is 22.7. The lowest BCUT2D eigenvalue weighted by molar-refractivity contribution is -0.162. The van der Waals surface area contributed by atoms with E-state index in [-0.39, 0.29) is 0 Å². The lowest BCUT2D eigenvalue weighted by atomic mass is 10.2. The molecule has 0 fully saturated rings. The van der Waals surface area contributed by atoms with Crippen molar-refractivity contribution in [3.05, 3.63) is 0 Å². The van der Waals surface area contributed by atoms with Crippen LogP contribution in [0.5, 0.6) is 0 Å².